The van der Waals surface area contributed by atoms with Gasteiger partial charge < -0.3 is 9.64 Å². The molecule has 1 atom stereocenters. The van der Waals surface area contributed by atoms with Crippen LogP contribution < -0.4 is 4.90 Å². The minimum absolute atomic E-state index is 0.165. The van der Waals surface area contributed by atoms with E-state index in [4.69, 9.17) is 21.3 Å². The van der Waals surface area contributed by atoms with Gasteiger partial charge in [-0.15, -0.1) is 0 Å². The number of ether oxygens (including phenoxy) is 1. The molecule has 5 heteroatoms. The fourth-order valence-corrected chi connectivity index (χ4v) is 2.95. The molecule has 1 unspecified atom stereocenters. The summed E-state index contributed by atoms with van der Waals surface area (Å²) < 4.78 is 5.87. The van der Waals surface area contributed by atoms with E-state index in [-0.39, 0.29) is 5.60 Å². The van der Waals surface area contributed by atoms with Gasteiger partial charge in [-0.1, -0.05) is 18.5 Å². The number of morpholine rings is 1. The number of nitriles is 1. The highest BCUT2D eigenvalue weighted by Crippen LogP contribution is 2.29. The lowest BCUT2D eigenvalue weighted by Gasteiger charge is -2.40. The zero-order valence-corrected chi connectivity index (χ0v) is 13.5. The maximum absolute atomic E-state index is 9.43. The van der Waals surface area contributed by atoms with Gasteiger partial charge in [0.25, 0.3) is 0 Å². The molecule has 1 aliphatic heterocycles. The second kappa shape index (κ2) is 5.75. The van der Waals surface area contributed by atoms with Crippen molar-refractivity contribution in [1.82, 2.24) is 4.98 Å². The fraction of sp³-hybridized carbons (Fsp3) is 0.412. The van der Waals surface area contributed by atoms with Crippen molar-refractivity contribution in [3.8, 4) is 6.07 Å². The topological polar surface area (TPSA) is 49.2 Å². The Labute approximate surface area is 135 Å². The molecule has 0 radical (unpaired) electrons. The van der Waals surface area contributed by atoms with Crippen LogP contribution in [0.4, 0.5) is 5.82 Å². The van der Waals surface area contributed by atoms with E-state index in [1.54, 1.807) is 12.1 Å². The molecule has 0 bridgehead atoms. The second-order valence-electron chi connectivity index (χ2n) is 5.87. The van der Waals surface area contributed by atoms with Gasteiger partial charge in [-0.2, -0.15) is 5.26 Å². The molecule has 0 saturated carbocycles. The SMILES string of the molecule is CCC1(C)CN(c2cc(C#N)c3cc(Cl)ccc3n2)CCO1. The van der Waals surface area contributed by atoms with Crippen LogP contribution in [0.1, 0.15) is 25.8 Å². The van der Waals surface area contributed by atoms with Gasteiger partial charge in [0.15, 0.2) is 0 Å². The third kappa shape index (κ3) is 2.75. The predicted octanol–water partition coefficient (Wildman–Crippen LogP) is 3.77. The molecule has 0 aliphatic carbocycles. The molecule has 1 aromatic heterocycles. The first-order chi connectivity index (χ1) is 10.5. The van der Waals surface area contributed by atoms with E-state index in [1.165, 1.54) is 0 Å². The lowest BCUT2D eigenvalue weighted by Crippen LogP contribution is -2.50. The number of fused-ring (bicyclic) bond motifs is 1. The van der Waals surface area contributed by atoms with E-state index in [1.807, 2.05) is 12.1 Å². The summed E-state index contributed by atoms with van der Waals surface area (Å²) in [5.74, 6) is 0.828. The smallest absolute Gasteiger partial charge is 0.130 e. The zero-order valence-electron chi connectivity index (χ0n) is 12.8. The second-order valence-corrected chi connectivity index (χ2v) is 6.31. The van der Waals surface area contributed by atoms with E-state index in [0.717, 1.165) is 36.2 Å². The van der Waals surface area contributed by atoms with E-state index >= 15 is 0 Å². The van der Waals surface area contributed by atoms with Crippen LogP contribution in [0.2, 0.25) is 5.02 Å². The molecule has 4 nitrogen and oxygen atoms in total. The van der Waals surface area contributed by atoms with Crippen LogP contribution in [0, 0.1) is 11.3 Å². The first-order valence-corrected chi connectivity index (χ1v) is 7.82. The van der Waals surface area contributed by atoms with Crippen LogP contribution in [-0.2, 0) is 4.74 Å². The van der Waals surface area contributed by atoms with E-state index in [0.29, 0.717) is 17.2 Å². The summed E-state index contributed by atoms with van der Waals surface area (Å²) in [5, 5.41) is 10.8. The van der Waals surface area contributed by atoms with Gasteiger partial charge in [0, 0.05) is 23.5 Å². The fourth-order valence-electron chi connectivity index (χ4n) is 2.78. The first kappa shape index (κ1) is 15.1. The van der Waals surface area contributed by atoms with Crippen molar-refractivity contribution in [1.29, 1.82) is 5.26 Å². The summed E-state index contributed by atoms with van der Waals surface area (Å²) in [5.41, 5.74) is 1.23. The van der Waals surface area contributed by atoms with Gasteiger partial charge in [0.1, 0.15) is 5.82 Å². The number of benzene rings is 1. The van der Waals surface area contributed by atoms with Gasteiger partial charge in [-0.25, -0.2) is 4.98 Å². The molecule has 1 saturated heterocycles. The van der Waals surface area contributed by atoms with Crippen molar-refractivity contribution in [3.63, 3.8) is 0 Å². The molecule has 1 fully saturated rings. The normalized spacial score (nSPS) is 21.8. The number of anilines is 1. The number of aromatic nitrogens is 1. The lowest BCUT2D eigenvalue weighted by atomic mass is 10.0. The number of halogens is 1. The van der Waals surface area contributed by atoms with Crippen LogP contribution in [0.5, 0.6) is 0 Å². The van der Waals surface area contributed by atoms with Crippen molar-refractivity contribution in [2.75, 3.05) is 24.6 Å². The van der Waals surface area contributed by atoms with Crippen LogP contribution in [0.15, 0.2) is 24.3 Å². The van der Waals surface area contributed by atoms with E-state index < -0.39 is 0 Å². The molecule has 114 valence electrons. The highest BCUT2D eigenvalue weighted by atomic mass is 35.5. The standard InChI is InChI=1S/C17H18ClN3O/c1-3-17(2)11-21(6-7-22-17)16-8-12(10-19)14-9-13(18)4-5-15(14)20-16/h4-5,8-9H,3,6-7,11H2,1-2H3. The van der Waals surface area contributed by atoms with Gasteiger partial charge in [-0.3, -0.25) is 0 Å². The summed E-state index contributed by atoms with van der Waals surface area (Å²) in [6.45, 7) is 6.48. The average Bonchev–Trinajstić information content (AvgIpc) is 2.54. The third-order valence-electron chi connectivity index (χ3n) is 4.29. The highest BCUT2D eigenvalue weighted by Gasteiger charge is 2.31. The Kier molecular flexibility index (Phi) is 3.94. The van der Waals surface area contributed by atoms with E-state index in [9.17, 15) is 5.26 Å². The Hall–Kier alpha value is -1.83. The summed E-state index contributed by atoms with van der Waals surface area (Å²) in [6.07, 6.45) is 0.942. The van der Waals surface area contributed by atoms with Crippen LogP contribution >= 0.6 is 11.6 Å². The molecule has 22 heavy (non-hydrogen) atoms. The quantitative estimate of drug-likeness (QED) is 0.846. The summed E-state index contributed by atoms with van der Waals surface area (Å²) in [4.78, 5) is 6.91. The van der Waals surface area contributed by atoms with Gasteiger partial charge in [0.2, 0.25) is 0 Å². The number of rotatable bonds is 2. The van der Waals surface area contributed by atoms with E-state index in [2.05, 4.69) is 24.8 Å². The maximum atomic E-state index is 9.43. The minimum Gasteiger partial charge on any atom is -0.372 e. The van der Waals surface area contributed by atoms with Crippen LogP contribution in [0.3, 0.4) is 0 Å². The summed E-state index contributed by atoms with van der Waals surface area (Å²) >= 11 is 6.03. The van der Waals surface area contributed by atoms with Crippen molar-refractivity contribution >= 4 is 28.3 Å². The molecule has 0 N–H and O–H groups in total. The van der Waals surface area contributed by atoms with Crippen molar-refractivity contribution in [2.24, 2.45) is 0 Å². The van der Waals surface area contributed by atoms with Crippen LogP contribution in [-0.4, -0.2) is 30.3 Å². The van der Waals surface area contributed by atoms with Crippen molar-refractivity contribution < 1.29 is 4.74 Å². The monoisotopic (exact) mass is 315 g/mol. The van der Waals surface area contributed by atoms with Crippen molar-refractivity contribution in [3.05, 3.63) is 34.9 Å². The molecular formula is C17H18ClN3O. The van der Waals surface area contributed by atoms with Crippen LogP contribution in [0.25, 0.3) is 10.9 Å². The largest absolute Gasteiger partial charge is 0.372 e. The maximum Gasteiger partial charge on any atom is 0.130 e. The lowest BCUT2D eigenvalue weighted by molar-refractivity contribution is -0.0443. The third-order valence-corrected chi connectivity index (χ3v) is 4.52. The molecule has 2 aromatic rings. The van der Waals surface area contributed by atoms with Crippen molar-refractivity contribution in [2.45, 2.75) is 25.9 Å². The van der Waals surface area contributed by atoms with Gasteiger partial charge in [0.05, 0.1) is 29.4 Å². The Morgan fingerprint density at radius 1 is 1.45 bits per heavy atom. The Balaban J connectivity index is 2.05. The molecule has 1 aromatic carbocycles. The first-order valence-electron chi connectivity index (χ1n) is 7.44. The number of hydrogen-bond donors (Lipinski definition) is 0. The minimum atomic E-state index is -0.165. The molecule has 0 amide bonds. The summed E-state index contributed by atoms with van der Waals surface area (Å²) in [6, 6.07) is 9.56. The predicted molar refractivity (Wildman–Crippen MR) is 88.3 cm³/mol. The average molecular weight is 316 g/mol. The van der Waals surface area contributed by atoms with Gasteiger partial charge in [-0.05, 0) is 37.6 Å². The zero-order chi connectivity index (χ0) is 15.7. The molecule has 2 heterocycles. The molecular weight excluding hydrogens is 298 g/mol. The summed E-state index contributed by atoms with van der Waals surface area (Å²) in [7, 11) is 0. The Morgan fingerprint density at radius 3 is 3.00 bits per heavy atom. The molecule has 3 rings (SSSR count). The Morgan fingerprint density at radius 2 is 2.27 bits per heavy atom. The molecule has 1 aliphatic rings. The Bertz CT molecular complexity index is 755. The highest BCUT2D eigenvalue weighted by molar-refractivity contribution is 6.31. The molecule has 0 spiro atoms. The number of pyridine rings is 1. The number of hydrogen-bond acceptors (Lipinski definition) is 4. The van der Waals surface area contributed by atoms with Gasteiger partial charge >= 0.3 is 0 Å². The number of nitrogens with zero attached hydrogens (tertiary/aromatic N) is 3.